The summed E-state index contributed by atoms with van der Waals surface area (Å²) >= 11 is 3.47. The van der Waals surface area contributed by atoms with Gasteiger partial charge in [0.25, 0.3) is 0 Å². The number of halogens is 2. The maximum absolute atomic E-state index is 12.6. The van der Waals surface area contributed by atoms with E-state index in [2.05, 4.69) is 26.3 Å². The van der Waals surface area contributed by atoms with Crippen molar-refractivity contribution in [2.75, 3.05) is 11.9 Å². The number of rotatable bonds is 4. The molecule has 1 heterocycles. The summed E-state index contributed by atoms with van der Waals surface area (Å²) in [5.74, 6) is 1.05. The van der Waals surface area contributed by atoms with E-state index >= 15 is 0 Å². The van der Waals surface area contributed by atoms with Crippen LogP contribution >= 0.6 is 28.3 Å². The predicted octanol–water partition coefficient (Wildman–Crippen LogP) is 3.68. The Morgan fingerprint density at radius 3 is 2.92 bits per heavy atom. The van der Waals surface area contributed by atoms with E-state index < -0.39 is 0 Å². The van der Waals surface area contributed by atoms with Crippen LogP contribution in [0.4, 0.5) is 5.82 Å². The third-order valence-electron chi connectivity index (χ3n) is 4.43. The van der Waals surface area contributed by atoms with Crippen LogP contribution in [0.3, 0.4) is 0 Å². The zero-order valence-electron chi connectivity index (χ0n) is 13.5. The quantitative estimate of drug-likeness (QED) is 0.803. The van der Waals surface area contributed by atoms with Crippen LogP contribution in [0.5, 0.6) is 0 Å². The fourth-order valence-corrected chi connectivity index (χ4v) is 3.66. The lowest BCUT2D eigenvalue weighted by Gasteiger charge is -2.17. The molecular formula is C17H22BrClN4O. The molecule has 0 bridgehead atoms. The number of amides is 1. The molecule has 3 N–H and O–H groups in total. The number of hydrogen-bond donors (Lipinski definition) is 2. The molecule has 0 aliphatic heterocycles. The highest BCUT2D eigenvalue weighted by molar-refractivity contribution is 9.10. The lowest BCUT2D eigenvalue weighted by molar-refractivity contribution is -0.120. The normalized spacial score (nSPS) is 19.8. The van der Waals surface area contributed by atoms with Crippen LogP contribution in [0.2, 0.25) is 0 Å². The molecule has 1 aliphatic rings. The Hall–Kier alpha value is -1.37. The number of benzene rings is 1. The summed E-state index contributed by atoms with van der Waals surface area (Å²) in [6.45, 7) is 2.49. The standard InChI is InChI=1S/C17H21BrN4O.ClH/c1-11-8-16(20-17(23)15-7-2-4-12(15)10-19)22(21-11)14-6-3-5-13(18)9-14;/h3,5-6,8-9,12,15H,2,4,7,10,19H2,1H3,(H,20,23);1H/t12-,15-;/m1./s1. The van der Waals surface area contributed by atoms with Crippen LogP contribution in [0.15, 0.2) is 34.8 Å². The Morgan fingerprint density at radius 1 is 1.42 bits per heavy atom. The first-order valence-corrected chi connectivity index (χ1v) is 8.71. The molecule has 24 heavy (non-hydrogen) atoms. The Labute approximate surface area is 156 Å². The number of carbonyl (C=O) groups is 1. The first-order chi connectivity index (χ1) is 11.1. The number of nitrogens with zero attached hydrogens (tertiary/aromatic N) is 2. The maximum atomic E-state index is 12.6. The topological polar surface area (TPSA) is 72.9 Å². The van der Waals surface area contributed by atoms with Gasteiger partial charge in [0.1, 0.15) is 5.82 Å². The summed E-state index contributed by atoms with van der Waals surface area (Å²) in [7, 11) is 0. The first-order valence-electron chi connectivity index (χ1n) is 7.92. The zero-order chi connectivity index (χ0) is 16.4. The van der Waals surface area contributed by atoms with E-state index in [0.29, 0.717) is 18.3 Å². The predicted molar refractivity (Wildman–Crippen MR) is 102 cm³/mol. The number of carbonyl (C=O) groups excluding carboxylic acids is 1. The van der Waals surface area contributed by atoms with Gasteiger partial charge in [0.05, 0.1) is 11.4 Å². The van der Waals surface area contributed by atoms with Crippen LogP contribution < -0.4 is 11.1 Å². The van der Waals surface area contributed by atoms with Crippen molar-refractivity contribution in [3.8, 4) is 5.69 Å². The second-order valence-electron chi connectivity index (χ2n) is 6.09. The van der Waals surface area contributed by atoms with Gasteiger partial charge in [0.2, 0.25) is 5.91 Å². The minimum Gasteiger partial charge on any atom is -0.330 e. The third-order valence-corrected chi connectivity index (χ3v) is 4.93. The third kappa shape index (κ3) is 3.99. The molecule has 2 atom stereocenters. The van der Waals surface area contributed by atoms with Gasteiger partial charge in [-0.3, -0.25) is 4.79 Å². The second kappa shape index (κ2) is 8.14. The summed E-state index contributed by atoms with van der Waals surface area (Å²) < 4.78 is 2.74. The van der Waals surface area contributed by atoms with Gasteiger partial charge in [-0.25, -0.2) is 4.68 Å². The molecule has 0 saturated heterocycles. The highest BCUT2D eigenvalue weighted by Gasteiger charge is 2.32. The number of anilines is 1. The van der Waals surface area contributed by atoms with Gasteiger partial charge < -0.3 is 11.1 Å². The van der Waals surface area contributed by atoms with Gasteiger partial charge in [0.15, 0.2) is 0 Å². The molecule has 2 aromatic rings. The monoisotopic (exact) mass is 412 g/mol. The minimum atomic E-state index is 0. The molecule has 7 heteroatoms. The largest absolute Gasteiger partial charge is 0.330 e. The van der Waals surface area contributed by atoms with E-state index in [1.54, 1.807) is 4.68 Å². The van der Waals surface area contributed by atoms with Gasteiger partial charge in [0, 0.05) is 16.5 Å². The number of nitrogens with two attached hydrogens (primary N) is 1. The Kier molecular flexibility index (Phi) is 6.43. The fourth-order valence-electron chi connectivity index (χ4n) is 3.28. The summed E-state index contributed by atoms with van der Waals surface area (Å²) in [6, 6.07) is 9.74. The molecule has 1 aromatic carbocycles. The molecule has 0 spiro atoms. The fraction of sp³-hybridized carbons (Fsp3) is 0.412. The lowest BCUT2D eigenvalue weighted by Crippen LogP contribution is -2.30. The molecule has 3 rings (SSSR count). The summed E-state index contributed by atoms with van der Waals surface area (Å²) in [5.41, 5.74) is 7.56. The molecule has 1 aromatic heterocycles. The summed E-state index contributed by atoms with van der Waals surface area (Å²) in [5, 5.41) is 7.54. The molecule has 0 unspecified atom stereocenters. The van der Waals surface area contributed by atoms with E-state index in [1.165, 1.54) is 0 Å². The van der Waals surface area contributed by atoms with Crippen molar-refractivity contribution in [3.05, 3.63) is 40.5 Å². The van der Waals surface area contributed by atoms with Gasteiger partial charge in [-0.05, 0) is 50.4 Å². The van der Waals surface area contributed by atoms with E-state index in [9.17, 15) is 4.79 Å². The maximum Gasteiger partial charge on any atom is 0.228 e. The van der Waals surface area contributed by atoms with E-state index in [-0.39, 0.29) is 24.2 Å². The van der Waals surface area contributed by atoms with Crippen molar-refractivity contribution in [1.29, 1.82) is 0 Å². The number of aromatic nitrogens is 2. The van der Waals surface area contributed by atoms with Gasteiger partial charge in [-0.2, -0.15) is 5.10 Å². The van der Waals surface area contributed by atoms with Gasteiger partial charge >= 0.3 is 0 Å². The number of aryl methyl sites for hydroxylation is 1. The molecule has 1 saturated carbocycles. The zero-order valence-corrected chi connectivity index (χ0v) is 15.9. The molecule has 1 fully saturated rings. The Balaban J connectivity index is 0.00000208. The summed E-state index contributed by atoms with van der Waals surface area (Å²) in [6.07, 6.45) is 3.03. The van der Waals surface area contributed by atoms with Crippen LogP contribution in [-0.4, -0.2) is 22.2 Å². The molecular weight excluding hydrogens is 392 g/mol. The SMILES string of the molecule is Cc1cc(NC(=O)[C@@H]2CCC[C@@H]2CN)n(-c2cccc(Br)c2)n1.Cl. The smallest absolute Gasteiger partial charge is 0.228 e. The number of nitrogens with one attached hydrogen (secondary N) is 1. The second-order valence-corrected chi connectivity index (χ2v) is 7.00. The Bertz CT molecular complexity index is 718. The average Bonchev–Trinajstić information content (AvgIpc) is 3.13. The highest BCUT2D eigenvalue weighted by atomic mass is 79.9. The van der Waals surface area contributed by atoms with E-state index in [1.807, 2.05) is 37.3 Å². The van der Waals surface area contributed by atoms with E-state index in [4.69, 9.17) is 5.73 Å². The molecule has 130 valence electrons. The first kappa shape index (κ1) is 19.0. The van der Waals surface area contributed by atoms with Crippen LogP contribution in [-0.2, 0) is 4.79 Å². The van der Waals surface area contributed by atoms with Crippen molar-refractivity contribution in [2.45, 2.75) is 26.2 Å². The van der Waals surface area contributed by atoms with Crippen molar-refractivity contribution in [3.63, 3.8) is 0 Å². The van der Waals surface area contributed by atoms with Crippen LogP contribution in [0.1, 0.15) is 25.0 Å². The van der Waals surface area contributed by atoms with Crippen molar-refractivity contribution in [2.24, 2.45) is 17.6 Å². The van der Waals surface area contributed by atoms with Gasteiger partial charge in [-0.1, -0.05) is 28.4 Å². The number of hydrogen-bond acceptors (Lipinski definition) is 3. The van der Waals surface area contributed by atoms with Crippen LogP contribution in [0.25, 0.3) is 5.69 Å². The molecule has 5 nitrogen and oxygen atoms in total. The molecule has 1 amide bonds. The average molecular weight is 414 g/mol. The molecule has 0 radical (unpaired) electrons. The van der Waals surface area contributed by atoms with E-state index in [0.717, 1.165) is 35.1 Å². The molecule has 1 aliphatic carbocycles. The van der Waals surface area contributed by atoms with Crippen molar-refractivity contribution < 1.29 is 4.79 Å². The van der Waals surface area contributed by atoms with Crippen molar-refractivity contribution >= 4 is 40.1 Å². The summed E-state index contributed by atoms with van der Waals surface area (Å²) in [4.78, 5) is 12.6. The minimum absolute atomic E-state index is 0. The highest BCUT2D eigenvalue weighted by Crippen LogP contribution is 2.32. The van der Waals surface area contributed by atoms with Crippen molar-refractivity contribution in [1.82, 2.24) is 9.78 Å². The van der Waals surface area contributed by atoms with Gasteiger partial charge in [-0.15, -0.1) is 12.4 Å². The lowest BCUT2D eigenvalue weighted by atomic mass is 9.95. The van der Waals surface area contributed by atoms with Crippen LogP contribution in [0, 0.1) is 18.8 Å². The Morgan fingerprint density at radius 2 is 2.21 bits per heavy atom.